The Labute approximate surface area is 224 Å². The molecule has 1 heterocycles. The highest BCUT2D eigenvalue weighted by atomic mass is 35.5. The minimum atomic E-state index is 0.0483. The molecule has 0 aliphatic carbocycles. The number of carbonyl (C=O) groups excluding carboxylic acids is 1. The van der Waals surface area contributed by atoms with Crippen molar-refractivity contribution in [1.29, 1.82) is 0 Å². The maximum Gasteiger partial charge on any atom is 0.224 e. The topological polar surface area (TPSA) is 56.1 Å². The average Bonchev–Trinajstić information content (AvgIpc) is 3.24. The van der Waals surface area contributed by atoms with Gasteiger partial charge in [0.2, 0.25) is 5.91 Å². The largest absolute Gasteiger partial charge is 0.494 e. The lowest BCUT2D eigenvalue weighted by molar-refractivity contribution is -0.120. The van der Waals surface area contributed by atoms with Crippen molar-refractivity contribution >= 4 is 28.5 Å². The molecule has 0 aliphatic rings. The molecule has 1 aromatic heterocycles. The number of imidazole rings is 1. The standard InChI is InChI=1S/C31H36ClN3O2/c1-23-12-17-27(21-24(23)2)37-20-8-19-35-29-10-6-5-9-28(29)34-30(35)11-4-3-7-18-33-31(36)22-25-13-15-26(32)16-14-25/h5-6,9-10,12-17,21H,3-4,7-8,11,18-20,22H2,1-2H3,(H,33,36). The second-order valence-electron chi connectivity index (χ2n) is 9.58. The van der Waals surface area contributed by atoms with Crippen molar-refractivity contribution < 1.29 is 9.53 Å². The lowest BCUT2D eigenvalue weighted by Gasteiger charge is -2.11. The summed E-state index contributed by atoms with van der Waals surface area (Å²) < 4.78 is 8.35. The number of fused-ring (bicyclic) bond motifs is 1. The Morgan fingerprint density at radius 3 is 2.57 bits per heavy atom. The van der Waals surface area contributed by atoms with Crippen LogP contribution >= 0.6 is 11.6 Å². The second kappa shape index (κ2) is 13.3. The number of amides is 1. The lowest BCUT2D eigenvalue weighted by Crippen LogP contribution is -2.26. The molecule has 1 amide bonds. The molecule has 1 N–H and O–H groups in total. The first-order valence-electron chi connectivity index (χ1n) is 13.1. The van der Waals surface area contributed by atoms with E-state index in [2.05, 4.69) is 54.1 Å². The average molecular weight is 518 g/mol. The van der Waals surface area contributed by atoms with E-state index in [1.807, 2.05) is 36.4 Å². The molecule has 0 spiro atoms. The third-order valence-corrected chi connectivity index (χ3v) is 6.94. The van der Waals surface area contributed by atoms with Crippen molar-refractivity contribution in [1.82, 2.24) is 14.9 Å². The molecule has 0 atom stereocenters. The summed E-state index contributed by atoms with van der Waals surface area (Å²) in [4.78, 5) is 17.1. The molecule has 0 bridgehead atoms. The maximum atomic E-state index is 12.2. The Balaban J connectivity index is 1.21. The van der Waals surface area contributed by atoms with Gasteiger partial charge in [-0.15, -0.1) is 0 Å². The van der Waals surface area contributed by atoms with Crippen LogP contribution in [0.1, 0.15) is 48.2 Å². The molecule has 37 heavy (non-hydrogen) atoms. The van der Waals surface area contributed by atoms with Crippen LogP contribution in [0.15, 0.2) is 66.7 Å². The highest BCUT2D eigenvalue weighted by Crippen LogP contribution is 2.20. The van der Waals surface area contributed by atoms with Gasteiger partial charge >= 0.3 is 0 Å². The first-order chi connectivity index (χ1) is 18.0. The third kappa shape index (κ3) is 7.83. The first kappa shape index (κ1) is 26.7. The summed E-state index contributed by atoms with van der Waals surface area (Å²) in [6.45, 7) is 6.47. The number of benzene rings is 3. The van der Waals surface area contributed by atoms with E-state index < -0.39 is 0 Å². The van der Waals surface area contributed by atoms with E-state index in [0.717, 1.165) is 61.3 Å². The number of hydrogen-bond acceptors (Lipinski definition) is 3. The molecule has 0 fully saturated rings. The van der Waals surface area contributed by atoms with Crippen LogP contribution in [0.3, 0.4) is 0 Å². The number of halogens is 1. The maximum absolute atomic E-state index is 12.2. The normalized spacial score (nSPS) is 11.1. The fourth-order valence-corrected chi connectivity index (χ4v) is 4.57. The molecule has 3 aromatic carbocycles. The summed E-state index contributed by atoms with van der Waals surface area (Å²) >= 11 is 5.91. The molecule has 4 aromatic rings. The fourth-order valence-electron chi connectivity index (χ4n) is 4.44. The van der Waals surface area contributed by atoms with Crippen molar-refractivity contribution in [3.63, 3.8) is 0 Å². The van der Waals surface area contributed by atoms with Crippen molar-refractivity contribution in [2.75, 3.05) is 13.2 Å². The second-order valence-corrected chi connectivity index (χ2v) is 10.0. The molecule has 0 radical (unpaired) electrons. The van der Waals surface area contributed by atoms with Gasteiger partial charge < -0.3 is 14.6 Å². The number of nitrogens with zero attached hydrogens (tertiary/aromatic N) is 2. The molecule has 0 unspecified atom stereocenters. The van der Waals surface area contributed by atoms with Gasteiger partial charge in [-0.25, -0.2) is 4.98 Å². The number of para-hydroxylation sites is 2. The highest BCUT2D eigenvalue weighted by Gasteiger charge is 2.10. The number of aryl methyl sites for hydroxylation is 4. The number of aromatic nitrogens is 2. The van der Waals surface area contributed by atoms with Gasteiger partial charge in [0.25, 0.3) is 0 Å². The molecular formula is C31H36ClN3O2. The molecule has 5 nitrogen and oxygen atoms in total. The van der Waals surface area contributed by atoms with Gasteiger partial charge in [0.05, 0.1) is 24.1 Å². The van der Waals surface area contributed by atoms with E-state index in [1.165, 1.54) is 16.6 Å². The quantitative estimate of drug-likeness (QED) is 0.197. The number of rotatable bonds is 13. The predicted octanol–water partition coefficient (Wildman–Crippen LogP) is 6.85. The minimum absolute atomic E-state index is 0.0483. The van der Waals surface area contributed by atoms with Gasteiger partial charge in [0.15, 0.2) is 0 Å². The Morgan fingerprint density at radius 1 is 0.946 bits per heavy atom. The van der Waals surface area contributed by atoms with E-state index in [0.29, 0.717) is 24.6 Å². The van der Waals surface area contributed by atoms with E-state index in [9.17, 15) is 4.79 Å². The Morgan fingerprint density at radius 2 is 1.76 bits per heavy atom. The number of unbranched alkanes of at least 4 members (excludes halogenated alkanes) is 2. The van der Waals surface area contributed by atoms with E-state index in [4.69, 9.17) is 21.3 Å². The summed E-state index contributed by atoms with van der Waals surface area (Å²) in [7, 11) is 0. The zero-order chi connectivity index (χ0) is 26.0. The first-order valence-corrected chi connectivity index (χ1v) is 13.5. The van der Waals surface area contributed by atoms with Gasteiger partial charge in [0, 0.05) is 24.5 Å². The molecule has 4 rings (SSSR count). The zero-order valence-electron chi connectivity index (χ0n) is 21.8. The number of nitrogens with one attached hydrogen (secondary N) is 1. The van der Waals surface area contributed by atoms with Gasteiger partial charge in [0.1, 0.15) is 11.6 Å². The Kier molecular flexibility index (Phi) is 9.61. The molecule has 6 heteroatoms. The van der Waals surface area contributed by atoms with Crippen molar-refractivity contribution in [3.05, 3.63) is 94.3 Å². The minimum Gasteiger partial charge on any atom is -0.494 e. The smallest absolute Gasteiger partial charge is 0.224 e. The fraction of sp³-hybridized carbons (Fsp3) is 0.355. The summed E-state index contributed by atoms with van der Waals surface area (Å²) in [6, 6.07) is 22.0. The lowest BCUT2D eigenvalue weighted by atomic mass is 10.1. The third-order valence-electron chi connectivity index (χ3n) is 6.68. The molecule has 194 valence electrons. The molecule has 0 saturated heterocycles. The van der Waals surface area contributed by atoms with Gasteiger partial charge in [-0.2, -0.15) is 0 Å². The van der Waals surface area contributed by atoms with Crippen molar-refractivity contribution in [3.8, 4) is 5.75 Å². The van der Waals surface area contributed by atoms with Crippen molar-refractivity contribution in [2.45, 2.75) is 58.9 Å². The van der Waals surface area contributed by atoms with Crippen LogP contribution in [0.4, 0.5) is 0 Å². The highest BCUT2D eigenvalue weighted by molar-refractivity contribution is 6.30. The predicted molar refractivity (Wildman–Crippen MR) is 151 cm³/mol. The molecule has 0 aliphatic heterocycles. The van der Waals surface area contributed by atoms with E-state index in [-0.39, 0.29) is 5.91 Å². The summed E-state index contributed by atoms with van der Waals surface area (Å²) in [6.07, 6.45) is 5.26. The van der Waals surface area contributed by atoms with E-state index in [1.54, 1.807) is 0 Å². The monoisotopic (exact) mass is 517 g/mol. The summed E-state index contributed by atoms with van der Waals surface area (Å²) in [5.41, 5.74) is 5.73. The summed E-state index contributed by atoms with van der Waals surface area (Å²) in [5.74, 6) is 2.10. The van der Waals surface area contributed by atoms with Crippen LogP contribution in [0.5, 0.6) is 5.75 Å². The van der Waals surface area contributed by atoms with Crippen LogP contribution in [-0.4, -0.2) is 28.6 Å². The van der Waals surface area contributed by atoms with Crippen LogP contribution in [0.25, 0.3) is 11.0 Å². The van der Waals surface area contributed by atoms with E-state index >= 15 is 0 Å². The van der Waals surface area contributed by atoms with Crippen molar-refractivity contribution in [2.24, 2.45) is 0 Å². The van der Waals surface area contributed by atoms with Gasteiger partial charge in [-0.1, -0.05) is 48.4 Å². The van der Waals surface area contributed by atoms with Crippen LogP contribution in [-0.2, 0) is 24.2 Å². The van der Waals surface area contributed by atoms with Gasteiger partial charge in [-0.05, 0) is 86.2 Å². The van der Waals surface area contributed by atoms with Crippen LogP contribution < -0.4 is 10.1 Å². The molecular weight excluding hydrogens is 482 g/mol. The van der Waals surface area contributed by atoms with Crippen LogP contribution in [0.2, 0.25) is 5.02 Å². The van der Waals surface area contributed by atoms with Crippen LogP contribution in [0, 0.1) is 13.8 Å². The molecule has 0 saturated carbocycles. The zero-order valence-corrected chi connectivity index (χ0v) is 22.6. The number of ether oxygens (including phenoxy) is 1. The number of hydrogen-bond donors (Lipinski definition) is 1. The SMILES string of the molecule is Cc1ccc(OCCCn2c(CCCCCNC(=O)Cc3ccc(Cl)cc3)nc3ccccc32)cc1C. The summed E-state index contributed by atoms with van der Waals surface area (Å²) in [5, 5.41) is 3.71. The Hall–Kier alpha value is -3.31. The number of carbonyl (C=O) groups is 1. The Bertz CT molecular complexity index is 1310. The van der Waals surface area contributed by atoms with Gasteiger partial charge in [-0.3, -0.25) is 4.79 Å².